The van der Waals surface area contributed by atoms with E-state index in [1.807, 2.05) is 0 Å². The molecule has 3 heteroatoms. The Bertz CT molecular complexity index is 361. The number of hydrogen-bond acceptors (Lipinski definition) is 1. The first kappa shape index (κ1) is 13.9. The smallest absolute Gasteiger partial charge is 0.315 e. The van der Waals surface area contributed by atoms with E-state index in [2.05, 4.69) is 10.6 Å². The molecular formula is C18H30N2O. The number of carbonyl (C=O) groups is 1. The zero-order valence-corrected chi connectivity index (χ0v) is 13.2. The molecule has 0 aromatic carbocycles. The predicted molar refractivity (Wildman–Crippen MR) is 83.9 cm³/mol. The van der Waals surface area contributed by atoms with Crippen molar-refractivity contribution in [1.82, 2.24) is 10.6 Å². The molecule has 5 rings (SSSR count). The minimum atomic E-state index is 0.109. The average molecular weight is 290 g/mol. The molecule has 5 aliphatic carbocycles. The maximum Gasteiger partial charge on any atom is 0.315 e. The van der Waals surface area contributed by atoms with E-state index < -0.39 is 0 Å². The number of rotatable bonds is 3. The minimum absolute atomic E-state index is 0.109. The molecule has 0 heterocycles. The summed E-state index contributed by atoms with van der Waals surface area (Å²) in [6.07, 6.45) is 13.7. The van der Waals surface area contributed by atoms with Crippen LogP contribution in [0.2, 0.25) is 0 Å². The van der Waals surface area contributed by atoms with Crippen LogP contribution in [0, 0.1) is 29.6 Å². The van der Waals surface area contributed by atoms with Crippen molar-refractivity contribution < 1.29 is 4.79 Å². The molecule has 0 saturated heterocycles. The van der Waals surface area contributed by atoms with E-state index in [9.17, 15) is 4.79 Å². The molecule has 5 saturated carbocycles. The van der Waals surface area contributed by atoms with Gasteiger partial charge in [0.25, 0.3) is 0 Å². The van der Waals surface area contributed by atoms with Crippen molar-refractivity contribution in [2.45, 2.75) is 70.3 Å². The molecule has 21 heavy (non-hydrogen) atoms. The number of carbonyl (C=O) groups excluding carboxylic acids is 1. The Labute approximate surface area is 128 Å². The van der Waals surface area contributed by atoms with Crippen LogP contribution < -0.4 is 10.6 Å². The maximum atomic E-state index is 12.3. The molecule has 2 amide bonds. The Balaban J connectivity index is 1.26. The molecule has 2 N–H and O–H groups in total. The number of nitrogens with one attached hydrogen (secondary N) is 2. The van der Waals surface area contributed by atoms with E-state index in [-0.39, 0.29) is 6.03 Å². The summed E-state index contributed by atoms with van der Waals surface area (Å²) >= 11 is 0. The Morgan fingerprint density at radius 3 is 2.10 bits per heavy atom. The summed E-state index contributed by atoms with van der Waals surface area (Å²) in [5, 5.41) is 6.51. The fourth-order valence-electron chi connectivity index (χ4n) is 5.99. The number of urea groups is 1. The van der Waals surface area contributed by atoms with Crippen LogP contribution in [0.4, 0.5) is 4.79 Å². The van der Waals surface area contributed by atoms with Crippen molar-refractivity contribution in [3.05, 3.63) is 0 Å². The van der Waals surface area contributed by atoms with Gasteiger partial charge in [-0.25, -0.2) is 4.79 Å². The monoisotopic (exact) mass is 290 g/mol. The fourth-order valence-corrected chi connectivity index (χ4v) is 5.99. The summed E-state index contributed by atoms with van der Waals surface area (Å²) in [5.74, 6) is 4.25. The van der Waals surface area contributed by atoms with Crippen LogP contribution in [0.25, 0.3) is 0 Å². The highest BCUT2D eigenvalue weighted by atomic mass is 16.2. The van der Waals surface area contributed by atoms with Gasteiger partial charge in [0, 0.05) is 12.6 Å². The largest absolute Gasteiger partial charge is 0.338 e. The second-order valence-electron chi connectivity index (χ2n) is 8.31. The Kier molecular flexibility index (Phi) is 3.85. The van der Waals surface area contributed by atoms with Crippen LogP contribution in [0.3, 0.4) is 0 Å². The molecule has 0 spiro atoms. The summed E-state index contributed by atoms with van der Waals surface area (Å²) in [6.45, 7) is 0.888. The highest BCUT2D eigenvalue weighted by Crippen LogP contribution is 2.53. The van der Waals surface area contributed by atoms with Gasteiger partial charge in [0.2, 0.25) is 0 Å². The van der Waals surface area contributed by atoms with Crippen molar-refractivity contribution in [1.29, 1.82) is 0 Å². The van der Waals surface area contributed by atoms with Crippen LogP contribution in [-0.4, -0.2) is 18.6 Å². The van der Waals surface area contributed by atoms with Crippen molar-refractivity contribution in [2.75, 3.05) is 6.54 Å². The van der Waals surface area contributed by atoms with E-state index in [0.29, 0.717) is 6.04 Å². The van der Waals surface area contributed by atoms with Gasteiger partial charge >= 0.3 is 6.03 Å². The first-order chi connectivity index (χ1) is 10.3. The summed E-state index contributed by atoms with van der Waals surface area (Å²) < 4.78 is 0. The minimum Gasteiger partial charge on any atom is -0.338 e. The third kappa shape index (κ3) is 2.93. The second kappa shape index (κ2) is 5.81. The Morgan fingerprint density at radius 1 is 0.857 bits per heavy atom. The molecule has 0 unspecified atom stereocenters. The summed E-state index contributed by atoms with van der Waals surface area (Å²) in [7, 11) is 0. The highest BCUT2D eigenvalue weighted by molar-refractivity contribution is 5.74. The van der Waals surface area contributed by atoms with Crippen molar-refractivity contribution in [2.24, 2.45) is 29.6 Å². The van der Waals surface area contributed by atoms with Crippen LogP contribution in [0.5, 0.6) is 0 Å². The number of hydrogen-bond donors (Lipinski definition) is 2. The van der Waals surface area contributed by atoms with E-state index in [1.54, 1.807) is 0 Å². The summed E-state index contributed by atoms with van der Waals surface area (Å²) in [4.78, 5) is 12.3. The molecule has 118 valence electrons. The van der Waals surface area contributed by atoms with E-state index in [0.717, 1.165) is 36.1 Å². The highest BCUT2D eigenvalue weighted by Gasteiger charge is 2.48. The van der Waals surface area contributed by atoms with E-state index >= 15 is 0 Å². The van der Waals surface area contributed by atoms with Gasteiger partial charge in [-0.1, -0.05) is 19.3 Å². The molecule has 0 aromatic heterocycles. The van der Waals surface area contributed by atoms with Crippen LogP contribution in [-0.2, 0) is 0 Å². The first-order valence-corrected chi connectivity index (χ1v) is 9.32. The van der Waals surface area contributed by atoms with Crippen LogP contribution in [0.15, 0.2) is 0 Å². The summed E-state index contributed by atoms with van der Waals surface area (Å²) in [5.41, 5.74) is 0. The Hall–Kier alpha value is -0.730. The normalized spacial score (nSPS) is 42.0. The van der Waals surface area contributed by atoms with Gasteiger partial charge in [0.15, 0.2) is 0 Å². The topological polar surface area (TPSA) is 41.1 Å². The van der Waals surface area contributed by atoms with E-state index in [4.69, 9.17) is 0 Å². The quantitative estimate of drug-likeness (QED) is 0.817. The molecule has 5 aliphatic rings. The molecule has 5 fully saturated rings. The standard InChI is InChI=1S/C18H30N2O/c21-18(19-11-12-4-2-1-3-5-12)20-17-15-7-13-6-14(9-15)10-16(17)8-13/h12-17H,1-11H2,(H2,19,20,21). The third-order valence-corrected chi connectivity index (χ3v) is 6.80. The third-order valence-electron chi connectivity index (χ3n) is 6.80. The van der Waals surface area contributed by atoms with Crippen molar-refractivity contribution >= 4 is 6.03 Å². The maximum absolute atomic E-state index is 12.3. The number of amides is 2. The van der Waals surface area contributed by atoms with Crippen LogP contribution in [0.1, 0.15) is 64.2 Å². The first-order valence-electron chi connectivity index (χ1n) is 9.32. The average Bonchev–Trinajstić information content (AvgIpc) is 2.49. The van der Waals surface area contributed by atoms with E-state index in [1.165, 1.54) is 64.2 Å². The second-order valence-corrected chi connectivity index (χ2v) is 8.31. The van der Waals surface area contributed by atoms with Gasteiger partial charge in [0.1, 0.15) is 0 Å². The van der Waals surface area contributed by atoms with Gasteiger partial charge in [-0.3, -0.25) is 0 Å². The van der Waals surface area contributed by atoms with Gasteiger partial charge < -0.3 is 10.6 Å². The molecule has 3 nitrogen and oxygen atoms in total. The van der Waals surface area contributed by atoms with Gasteiger partial charge in [-0.05, 0) is 74.5 Å². The molecule has 0 radical (unpaired) electrons. The SMILES string of the molecule is O=C(NCC1CCCCC1)NC1C2CC3CC(C2)CC1C3. The zero-order valence-electron chi connectivity index (χ0n) is 13.2. The fraction of sp³-hybridized carbons (Fsp3) is 0.944. The van der Waals surface area contributed by atoms with Crippen LogP contribution >= 0.6 is 0 Å². The molecule has 0 atom stereocenters. The predicted octanol–water partition coefficient (Wildman–Crippen LogP) is 3.69. The molecule has 0 aromatic rings. The molecular weight excluding hydrogens is 260 g/mol. The zero-order chi connectivity index (χ0) is 14.2. The van der Waals surface area contributed by atoms with Crippen molar-refractivity contribution in [3.8, 4) is 0 Å². The Morgan fingerprint density at radius 2 is 1.48 bits per heavy atom. The lowest BCUT2D eigenvalue weighted by Gasteiger charge is -2.54. The lowest BCUT2D eigenvalue weighted by Crippen LogP contribution is -2.57. The van der Waals surface area contributed by atoms with Gasteiger partial charge in [0.05, 0.1) is 0 Å². The molecule has 4 bridgehead atoms. The van der Waals surface area contributed by atoms with Crippen molar-refractivity contribution in [3.63, 3.8) is 0 Å². The van der Waals surface area contributed by atoms with Gasteiger partial charge in [-0.2, -0.15) is 0 Å². The van der Waals surface area contributed by atoms with Gasteiger partial charge in [-0.15, -0.1) is 0 Å². The lowest BCUT2D eigenvalue weighted by molar-refractivity contribution is -0.00945. The summed E-state index contributed by atoms with van der Waals surface area (Å²) in [6, 6.07) is 0.585. The molecule has 0 aliphatic heterocycles. The lowest BCUT2D eigenvalue weighted by atomic mass is 9.54.